The fraction of sp³-hybridized carbons (Fsp3) is 0. The molecule has 0 unspecified atom stereocenters. The van der Waals surface area contributed by atoms with Gasteiger partial charge in [0, 0.05) is 0 Å². The van der Waals surface area contributed by atoms with Gasteiger partial charge in [-0.15, -0.1) is 0 Å². The first-order chi connectivity index (χ1) is 12.0. The van der Waals surface area contributed by atoms with Crippen molar-refractivity contribution in [1.29, 1.82) is 0 Å². The van der Waals surface area contributed by atoms with Gasteiger partial charge in [-0.2, -0.15) is 0 Å². The molecule has 0 amide bonds. The normalized spacial score (nSPS) is 11.6. The molecule has 136 valence electrons. The molecule has 0 heterocycles. The van der Waals surface area contributed by atoms with Gasteiger partial charge < -0.3 is 0 Å². The van der Waals surface area contributed by atoms with Gasteiger partial charge in [0.05, 0.1) is 0 Å². The fourth-order valence-corrected chi connectivity index (χ4v) is 1.13. The summed E-state index contributed by atoms with van der Waals surface area (Å²) in [6.07, 6.45) is 16.7. The number of fused-ring (bicyclic) bond motifs is 1. The van der Waals surface area contributed by atoms with E-state index in [0.717, 1.165) is 0 Å². The maximum Gasteiger partial charge on any atom is 2.00 e. The van der Waals surface area contributed by atoms with Crippen LogP contribution in [0.5, 0.6) is 0 Å². The van der Waals surface area contributed by atoms with Crippen molar-refractivity contribution in [3.8, 4) is 0 Å². The maximum absolute atomic E-state index is 7.50. The molecule has 7 nitrogen and oxygen atoms in total. The molecular weight excluding hydrogens is 619 g/mol. The molecular formula is C17H8O7Ru3+6. The second-order valence-electron chi connectivity index (χ2n) is 2.35. The minimum Gasteiger partial charge on any atom is -0.0312 e. The Morgan fingerprint density at radius 2 is 0.519 bits per heavy atom. The van der Waals surface area contributed by atoms with Crippen LogP contribution in [0, 0.1) is 110 Å². The fourth-order valence-electron chi connectivity index (χ4n) is 1.13. The zero-order valence-corrected chi connectivity index (χ0v) is 18.3. The molecule has 27 heavy (non-hydrogen) atoms. The van der Waals surface area contributed by atoms with E-state index < -0.39 is 0 Å². The summed E-state index contributed by atoms with van der Waals surface area (Å²) in [6.45, 7) is 31.5. The number of hydrogen-bond donors (Lipinski definition) is 0. The van der Waals surface area contributed by atoms with Crippen LogP contribution >= 0.6 is 0 Å². The van der Waals surface area contributed by atoms with Crippen LogP contribution in [-0.4, -0.2) is 0 Å². The van der Waals surface area contributed by atoms with E-state index in [4.69, 9.17) is 32.6 Å². The van der Waals surface area contributed by atoms with E-state index in [0.29, 0.717) is 0 Å². The van der Waals surface area contributed by atoms with Crippen LogP contribution in [0.15, 0.2) is 0 Å². The van der Waals surface area contributed by atoms with Crippen molar-refractivity contribution in [2.45, 2.75) is 0 Å². The zero-order chi connectivity index (χ0) is 20.8. The maximum atomic E-state index is 7.50. The molecule has 2 fully saturated rings. The first-order valence-electron chi connectivity index (χ1n) is 4.83. The minimum atomic E-state index is 0. The topological polar surface area (TPSA) is 139 Å². The van der Waals surface area contributed by atoms with Crippen molar-refractivity contribution >= 4 is 0 Å². The Labute approximate surface area is 199 Å². The molecule has 0 spiro atoms. The van der Waals surface area contributed by atoms with Gasteiger partial charge in [0.2, 0.25) is 0 Å². The van der Waals surface area contributed by atoms with Crippen LogP contribution in [0.1, 0.15) is 0 Å². The third-order valence-corrected chi connectivity index (χ3v) is 1.66. The van der Waals surface area contributed by atoms with E-state index in [9.17, 15) is 0 Å². The SMILES string of the molecule is [C-]#[O+].[C-]#[O+].[C-]#[O+].[C-]#[O+].[C-]#[O+].[C-]#[O+].[C-]#[O+].[CH]1[CH][CH][C]2[CH][CH][CH][C]2[CH][CH]1.[Ru+2].[Ru+2].[Ru+2]. The zero-order valence-electron chi connectivity index (χ0n) is 13.0. The van der Waals surface area contributed by atoms with Gasteiger partial charge in [-0.05, 0) is 63.2 Å². The molecule has 0 aromatic carbocycles. The molecule has 0 aromatic rings. The van der Waals surface area contributed by atoms with Crippen LogP contribution in [0.4, 0.5) is 0 Å². The molecule has 0 aromatic heterocycles. The Bertz CT molecular complexity index is 289. The first-order valence-corrected chi connectivity index (χ1v) is 4.83. The van der Waals surface area contributed by atoms with Crippen molar-refractivity contribution in [2.75, 3.05) is 0 Å². The third-order valence-electron chi connectivity index (χ3n) is 1.66. The predicted molar refractivity (Wildman–Crippen MR) is 68.4 cm³/mol. The Kier molecular flexibility index (Phi) is 173. The Morgan fingerprint density at radius 3 is 0.741 bits per heavy atom. The molecule has 2 aliphatic carbocycles. The number of rotatable bonds is 0. The van der Waals surface area contributed by atoms with Crippen molar-refractivity contribution in [2.24, 2.45) is 0 Å². The third kappa shape index (κ3) is 46.2. The predicted octanol–water partition coefficient (Wildman–Crippen LogP) is 1.53. The summed E-state index contributed by atoms with van der Waals surface area (Å²) in [7, 11) is 0. The summed E-state index contributed by atoms with van der Waals surface area (Å²) >= 11 is 0. The van der Waals surface area contributed by atoms with Crippen LogP contribution in [0.2, 0.25) is 0 Å². The van der Waals surface area contributed by atoms with Gasteiger partial charge in [-0.1, -0.05) is 0 Å². The molecule has 2 rings (SSSR count). The molecule has 0 saturated heterocycles. The van der Waals surface area contributed by atoms with E-state index in [-0.39, 0.29) is 58.4 Å². The van der Waals surface area contributed by atoms with Gasteiger partial charge >= 0.3 is 138 Å². The van der Waals surface area contributed by atoms with E-state index in [1.54, 1.807) is 0 Å². The summed E-state index contributed by atoms with van der Waals surface area (Å²) in [6, 6.07) is 0. The van der Waals surface area contributed by atoms with Crippen molar-refractivity contribution in [1.82, 2.24) is 0 Å². The molecule has 0 N–H and O–H groups in total. The van der Waals surface area contributed by atoms with Crippen molar-refractivity contribution in [3.63, 3.8) is 0 Å². The molecule has 0 bridgehead atoms. The van der Waals surface area contributed by atoms with E-state index >= 15 is 0 Å². The second-order valence-corrected chi connectivity index (χ2v) is 2.35. The van der Waals surface area contributed by atoms with Gasteiger partial charge in [-0.3, -0.25) is 0 Å². The van der Waals surface area contributed by atoms with Gasteiger partial charge in [0.1, 0.15) is 0 Å². The second kappa shape index (κ2) is 82.8. The Morgan fingerprint density at radius 1 is 0.333 bits per heavy atom. The van der Waals surface area contributed by atoms with E-state index in [1.165, 1.54) is 11.8 Å². The minimum absolute atomic E-state index is 0. The first kappa shape index (κ1) is 56.3. The summed E-state index contributed by atoms with van der Waals surface area (Å²) in [5.41, 5.74) is 0. The largest absolute Gasteiger partial charge is 2.00 e. The molecule has 0 atom stereocenters. The van der Waals surface area contributed by atoms with Gasteiger partial charge in [0.25, 0.3) is 0 Å². The average Bonchev–Trinajstić information content (AvgIpc) is 3.08. The van der Waals surface area contributed by atoms with Crippen LogP contribution < -0.4 is 0 Å². The van der Waals surface area contributed by atoms with Crippen molar-refractivity contribution < 1.29 is 91.0 Å². The number of hydrogen-bond acceptors (Lipinski definition) is 0. The standard InChI is InChI=1S/C10H8.7CO.3Ru/c1-2-5-9-7-4-8-10(9)6-3-1;7*1-2;;;/h1-8H;;;;;;;;;;/q;;;;;;;;3*+2. The summed E-state index contributed by atoms with van der Waals surface area (Å²) in [4.78, 5) is 0. The average molecular weight is 627 g/mol. The summed E-state index contributed by atoms with van der Waals surface area (Å²) in [5.74, 6) is 2.62. The van der Waals surface area contributed by atoms with Gasteiger partial charge in [-0.25, -0.2) is 0 Å². The van der Waals surface area contributed by atoms with Crippen LogP contribution in [-0.2, 0) is 91.0 Å². The van der Waals surface area contributed by atoms with Crippen molar-refractivity contribution in [3.05, 3.63) is 110 Å². The molecule has 10 radical (unpaired) electrons. The summed E-state index contributed by atoms with van der Waals surface area (Å²) < 4.78 is 52.5. The smallest absolute Gasteiger partial charge is 0.0312 e. The quantitative estimate of drug-likeness (QED) is 0.219. The molecule has 10 heteroatoms. The summed E-state index contributed by atoms with van der Waals surface area (Å²) in [5, 5.41) is 0. The monoisotopic (exact) mass is 630 g/mol. The van der Waals surface area contributed by atoms with Gasteiger partial charge in [0.15, 0.2) is 0 Å². The van der Waals surface area contributed by atoms with E-state index in [2.05, 4.69) is 91.5 Å². The van der Waals surface area contributed by atoms with Crippen LogP contribution in [0.25, 0.3) is 0 Å². The Hall–Kier alpha value is 0.0501. The molecule has 2 aliphatic rings. The van der Waals surface area contributed by atoms with E-state index in [1.807, 2.05) is 6.42 Å². The molecule has 2 saturated carbocycles. The van der Waals surface area contributed by atoms with Crippen LogP contribution in [0.3, 0.4) is 0 Å². The molecule has 0 aliphatic heterocycles. The Balaban J connectivity index is -0.0000000238.